The summed E-state index contributed by atoms with van der Waals surface area (Å²) in [6.07, 6.45) is 2.60. The van der Waals surface area contributed by atoms with Crippen LogP contribution in [-0.2, 0) is 16.1 Å². The van der Waals surface area contributed by atoms with Crippen LogP contribution in [0.25, 0.3) is 0 Å². The molecule has 0 bridgehead atoms. The number of carbonyl (C=O) groups is 1. The van der Waals surface area contributed by atoms with E-state index in [1.807, 2.05) is 6.07 Å². The van der Waals surface area contributed by atoms with Gasteiger partial charge in [0.05, 0.1) is 0 Å². The third-order valence-corrected chi connectivity index (χ3v) is 4.28. The summed E-state index contributed by atoms with van der Waals surface area (Å²) in [6, 6.07) is 10.5. The van der Waals surface area contributed by atoms with Gasteiger partial charge >= 0.3 is 0 Å². The van der Waals surface area contributed by atoms with Gasteiger partial charge in [0, 0.05) is 39.5 Å². The number of nitrogens with zero attached hydrogens (tertiary/aromatic N) is 2. The fourth-order valence-electron chi connectivity index (χ4n) is 3.06. The van der Waals surface area contributed by atoms with E-state index in [9.17, 15) is 4.79 Å². The summed E-state index contributed by atoms with van der Waals surface area (Å²) in [5.74, 6) is -0.130. The van der Waals surface area contributed by atoms with E-state index in [1.165, 1.54) is 5.56 Å². The zero-order chi connectivity index (χ0) is 14.7. The molecular weight excluding hydrogens is 266 g/mol. The van der Waals surface area contributed by atoms with Crippen molar-refractivity contribution in [2.75, 3.05) is 26.7 Å². The largest absolute Gasteiger partial charge is 0.387 e. The van der Waals surface area contributed by atoms with Crippen LogP contribution in [0.4, 0.5) is 0 Å². The van der Waals surface area contributed by atoms with Crippen molar-refractivity contribution >= 4 is 11.6 Å². The number of hydrogen-bond donors (Lipinski definition) is 1. The number of carbonyl (C=O) groups excluding carboxylic acids is 1. The molecule has 112 valence electrons. The lowest BCUT2D eigenvalue weighted by Crippen LogP contribution is -2.36. The molecule has 1 saturated heterocycles. The summed E-state index contributed by atoms with van der Waals surface area (Å²) in [7, 11) is 1.62. The predicted octanol–water partition coefficient (Wildman–Crippen LogP) is 1.20. The minimum Gasteiger partial charge on any atom is -0.387 e. The van der Waals surface area contributed by atoms with Crippen molar-refractivity contribution in [2.45, 2.75) is 24.9 Å². The normalized spacial score (nSPS) is 24.9. The molecule has 1 amide bonds. The first-order valence-electron chi connectivity index (χ1n) is 7.44. The molecule has 1 atom stereocenters. The highest BCUT2D eigenvalue weighted by molar-refractivity contribution is 6.39. The minimum absolute atomic E-state index is 0.130. The van der Waals surface area contributed by atoms with E-state index in [2.05, 4.69) is 39.6 Å². The molecule has 21 heavy (non-hydrogen) atoms. The SMILES string of the molecule is CNC(=O)C1=NO[C@]2(CCN(CCc3ccccc3)C2)C1. The van der Waals surface area contributed by atoms with Gasteiger partial charge in [-0.3, -0.25) is 9.69 Å². The van der Waals surface area contributed by atoms with Gasteiger partial charge in [-0.05, 0) is 12.0 Å². The van der Waals surface area contributed by atoms with Crippen molar-refractivity contribution in [3.63, 3.8) is 0 Å². The highest BCUT2D eigenvalue weighted by Crippen LogP contribution is 2.33. The molecule has 2 aliphatic rings. The van der Waals surface area contributed by atoms with Crippen LogP contribution in [0, 0.1) is 0 Å². The summed E-state index contributed by atoms with van der Waals surface area (Å²) in [5, 5.41) is 6.58. The molecule has 0 saturated carbocycles. The van der Waals surface area contributed by atoms with Crippen LogP contribution in [0.2, 0.25) is 0 Å². The third kappa shape index (κ3) is 3.08. The van der Waals surface area contributed by atoms with Crippen LogP contribution in [0.1, 0.15) is 18.4 Å². The van der Waals surface area contributed by atoms with Crippen LogP contribution in [0.3, 0.4) is 0 Å². The Hall–Kier alpha value is -1.88. The number of rotatable bonds is 4. The first kappa shape index (κ1) is 14.1. The third-order valence-electron chi connectivity index (χ3n) is 4.28. The van der Waals surface area contributed by atoms with Gasteiger partial charge < -0.3 is 10.2 Å². The molecule has 0 aromatic heterocycles. The summed E-state index contributed by atoms with van der Waals surface area (Å²) < 4.78 is 0. The maximum absolute atomic E-state index is 11.6. The van der Waals surface area contributed by atoms with Gasteiger partial charge in [-0.15, -0.1) is 0 Å². The number of hydrogen-bond acceptors (Lipinski definition) is 4. The zero-order valence-corrected chi connectivity index (χ0v) is 12.3. The van der Waals surface area contributed by atoms with Crippen molar-refractivity contribution in [3.05, 3.63) is 35.9 Å². The maximum Gasteiger partial charge on any atom is 0.268 e. The molecule has 0 radical (unpaired) electrons. The lowest BCUT2D eigenvalue weighted by atomic mass is 9.96. The molecule has 5 nitrogen and oxygen atoms in total. The second-order valence-electron chi connectivity index (χ2n) is 5.83. The molecule has 1 spiro atoms. The van der Waals surface area contributed by atoms with Crippen LogP contribution < -0.4 is 5.32 Å². The summed E-state index contributed by atoms with van der Waals surface area (Å²) in [6.45, 7) is 2.87. The van der Waals surface area contributed by atoms with Gasteiger partial charge in [-0.25, -0.2) is 0 Å². The quantitative estimate of drug-likeness (QED) is 0.905. The Morgan fingerprint density at radius 3 is 3.00 bits per heavy atom. The fraction of sp³-hybridized carbons (Fsp3) is 0.500. The minimum atomic E-state index is -0.279. The van der Waals surface area contributed by atoms with Gasteiger partial charge in [0.2, 0.25) is 0 Å². The van der Waals surface area contributed by atoms with E-state index in [4.69, 9.17) is 4.84 Å². The van der Waals surface area contributed by atoms with Crippen LogP contribution >= 0.6 is 0 Å². The van der Waals surface area contributed by atoms with E-state index in [0.29, 0.717) is 12.1 Å². The van der Waals surface area contributed by atoms with Gasteiger partial charge in [0.1, 0.15) is 5.71 Å². The van der Waals surface area contributed by atoms with Gasteiger partial charge in [0.25, 0.3) is 5.91 Å². The smallest absolute Gasteiger partial charge is 0.268 e. The standard InChI is InChI=1S/C16H21N3O2/c1-17-15(20)14-11-16(21-18-14)8-10-19(12-16)9-7-13-5-3-2-4-6-13/h2-6H,7-12H2,1H3,(H,17,20)/t16-/m1/s1. The first-order valence-corrected chi connectivity index (χ1v) is 7.44. The van der Waals surface area contributed by atoms with Crippen molar-refractivity contribution < 1.29 is 9.63 Å². The first-order chi connectivity index (χ1) is 10.2. The van der Waals surface area contributed by atoms with Crippen LogP contribution in [0.5, 0.6) is 0 Å². The van der Waals surface area contributed by atoms with Crippen molar-refractivity contribution in [1.82, 2.24) is 10.2 Å². The van der Waals surface area contributed by atoms with Crippen LogP contribution in [0.15, 0.2) is 35.5 Å². The number of oxime groups is 1. The molecule has 3 rings (SSSR count). The number of amides is 1. The highest BCUT2D eigenvalue weighted by Gasteiger charge is 2.46. The molecule has 2 aliphatic heterocycles. The Morgan fingerprint density at radius 2 is 2.24 bits per heavy atom. The molecule has 1 aromatic rings. The van der Waals surface area contributed by atoms with Gasteiger partial charge in [-0.1, -0.05) is 35.5 Å². The zero-order valence-electron chi connectivity index (χ0n) is 12.3. The van der Waals surface area contributed by atoms with Crippen molar-refractivity contribution in [1.29, 1.82) is 0 Å². The van der Waals surface area contributed by atoms with Crippen molar-refractivity contribution in [2.24, 2.45) is 5.16 Å². The van der Waals surface area contributed by atoms with E-state index in [1.54, 1.807) is 7.05 Å². The van der Waals surface area contributed by atoms with E-state index < -0.39 is 0 Å². The second kappa shape index (κ2) is 5.85. The van der Waals surface area contributed by atoms with Crippen LogP contribution in [-0.4, -0.2) is 48.8 Å². The van der Waals surface area contributed by atoms with Gasteiger partial charge in [0.15, 0.2) is 5.60 Å². The van der Waals surface area contributed by atoms with E-state index in [0.717, 1.165) is 32.5 Å². The molecule has 1 fully saturated rings. The van der Waals surface area contributed by atoms with E-state index >= 15 is 0 Å². The topological polar surface area (TPSA) is 53.9 Å². The maximum atomic E-state index is 11.6. The Labute approximate surface area is 125 Å². The highest BCUT2D eigenvalue weighted by atomic mass is 16.7. The lowest BCUT2D eigenvalue weighted by Gasteiger charge is -2.21. The second-order valence-corrected chi connectivity index (χ2v) is 5.83. The van der Waals surface area contributed by atoms with Gasteiger partial charge in [-0.2, -0.15) is 0 Å². The number of likely N-dealkylation sites (tertiary alicyclic amines) is 1. The fourth-order valence-corrected chi connectivity index (χ4v) is 3.06. The summed E-state index contributed by atoms with van der Waals surface area (Å²) in [5.41, 5.74) is 1.59. The average molecular weight is 287 g/mol. The molecular formula is C16H21N3O2. The average Bonchev–Trinajstić information content (AvgIpc) is 3.13. The Bertz CT molecular complexity index is 544. The Balaban J connectivity index is 1.51. The molecule has 5 heteroatoms. The summed E-state index contributed by atoms with van der Waals surface area (Å²) in [4.78, 5) is 19.6. The molecule has 0 aliphatic carbocycles. The molecule has 1 aromatic carbocycles. The Kier molecular flexibility index (Phi) is 3.92. The number of benzene rings is 1. The molecule has 0 unspecified atom stereocenters. The van der Waals surface area contributed by atoms with E-state index in [-0.39, 0.29) is 11.5 Å². The number of nitrogens with one attached hydrogen (secondary N) is 1. The molecule has 1 N–H and O–H groups in total. The van der Waals surface area contributed by atoms with Crippen molar-refractivity contribution in [3.8, 4) is 0 Å². The molecule has 2 heterocycles. The summed E-state index contributed by atoms with van der Waals surface area (Å²) >= 11 is 0. The Morgan fingerprint density at radius 1 is 1.43 bits per heavy atom. The predicted molar refractivity (Wildman–Crippen MR) is 81.1 cm³/mol. The monoisotopic (exact) mass is 287 g/mol. The lowest BCUT2D eigenvalue weighted by molar-refractivity contribution is -0.114.